The van der Waals surface area contributed by atoms with Crippen molar-refractivity contribution in [3.63, 3.8) is 0 Å². The fraction of sp³-hybridized carbons (Fsp3) is 0.300. The molecular weight excluding hydrogens is 330 g/mol. The van der Waals surface area contributed by atoms with E-state index in [1.165, 1.54) is 5.56 Å². The molecule has 2 aromatic carbocycles. The smallest absolute Gasteiger partial charge is 0.257 e. The zero-order chi connectivity index (χ0) is 17.8. The van der Waals surface area contributed by atoms with Gasteiger partial charge in [-0.3, -0.25) is 4.90 Å². The van der Waals surface area contributed by atoms with E-state index < -0.39 is 0 Å². The highest BCUT2D eigenvalue weighted by Gasteiger charge is 2.27. The van der Waals surface area contributed by atoms with Gasteiger partial charge in [-0.15, -0.1) is 0 Å². The van der Waals surface area contributed by atoms with Crippen molar-refractivity contribution >= 4 is 0 Å². The average Bonchev–Trinajstić information content (AvgIpc) is 3.19. The summed E-state index contributed by atoms with van der Waals surface area (Å²) in [6.45, 7) is 3.05. The van der Waals surface area contributed by atoms with Crippen LogP contribution in [0, 0.1) is 0 Å². The summed E-state index contributed by atoms with van der Waals surface area (Å²) in [5.74, 6) is 1.99. The van der Waals surface area contributed by atoms with Crippen molar-refractivity contribution in [2.75, 3.05) is 26.8 Å². The SMILES string of the molecule is COc1cccc(CN2CCO[C@H](c3nc(-c4ccccc4)no3)C2)c1. The maximum absolute atomic E-state index is 5.86. The van der Waals surface area contributed by atoms with E-state index in [9.17, 15) is 0 Å². The van der Waals surface area contributed by atoms with Crippen molar-refractivity contribution in [2.45, 2.75) is 12.6 Å². The van der Waals surface area contributed by atoms with Gasteiger partial charge in [0.1, 0.15) is 11.9 Å². The molecule has 0 N–H and O–H groups in total. The van der Waals surface area contributed by atoms with E-state index in [4.69, 9.17) is 14.0 Å². The van der Waals surface area contributed by atoms with Gasteiger partial charge in [0.05, 0.1) is 13.7 Å². The lowest BCUT2D eigenvalue weighted by atomic mass is 10.1. The van der Waals surface area contributed by atoms with Crippen LogP contribution in [0.1, 0.15) is 17.6 Å². The van der Waals surface area contributed by atoms with E-state index in [1.807, 2.05) is 42.5 Å². The monoisotopic (exact) mass is 351 g/mol. The van der Waals surface area contributed by atoms with Crippen molar-refractivity contribution in [3.8, 4) is 17.1 Å². The highest BCUT2D eigenvalue weighted by atomic mass is 16.5. The quantitative estimate of drug-likeness (QED) is 0.703. The van der Waals surface area contributed by atoms with Crippen LogP contribution in [0.15, 0.2) is 59.1 Å². The first kappa shape index (κ1) is 16.8. The lowest BCUT2D eigenvalue weighted by molar-refractivity contribution is -0.0475. The minimum absolute atomic E-state index is 0.209. The second kappa shape index (κ2) is 7.68. The number of methoxy groups -OCH3 is 1. The number of benzene rings is 2. The molecule has 0 unspecified atom stereocenters. The van der Waals surface area contributed by atoms with Gasteiger partial charge in [-0.1, -0.05) is 47.6 Å². The second-order valence-corrected chi connectivity index (χ2v) is 6.27. The van der Waals surface area contributed by atoms with Gasteiger partial charge < -0.3 is 14.0 Å². The van der Waals surface area contributed by atoms with Crippen LogP contribution in [-0.4, -0.2) is 41.8 Å². The van der Waals surface area contributed by atoms with E-state index in [0.29, 0.717) is 24.9 Å². The van der Waals surface area contributed by atoms with Crippen LogP contribution < -0.4 is 4.74 Å². The number of nitrogens with zero attached hydrogens (tertiary/aromatic N) is 3. The summed E-state index contributed by atoms with van der Waals surface area (Å²) >= 11 is 0. The number of rotatable bonds is 5. The van der Waals surface area contributed by atoms with Crippen LogP contribution in [0.5, 0.6) is 5.75 Å². The van der Waals surface area contributed by atoms with Gasteiger partial charge in [-0.2, -0.15) is 4.98 Å². The van der Waals surface area contributed by atoms with Crippen LogP contribution in [0.25, 0.3) is 11.4 Å². The average molecular weight is 351 g/mol. The molecule has 1 aliphatic heterocycles. The molecule has 0 radical (unpaired) electrons. The Balaban J connectivity index is 1.44. The zero-order valence-electron chi connectivity index (χ0n) is 14.7. The molecule has 0 bridgehead atoms. The highest BCUT2D eigenvalue weighted by molar-refractivity contribution is 5.53. The van der Waals surface area contributed by atoms with Crippen molar-refractivity contribution in [3.05, 3.63) is 66.1 Å². The summed E-state index contributed by atoms with van der Waals surface area (Å²) in [5.41, 5.74) is 2.15. The topological polar surface area (TPSA) is 60.6 Å². The van der Waals surface area contributed by atoms with Gasteiger partial charge in [-0.05, 0) is 17.7 Å². The molecule has 1 fully saturated rings. The summed E-state index contributed by atoms with van der Waals surface area (Å²) in [6.07, 6.45) is -0.209. The Kier molecular flexibility index (Phi) is 4.95. The summed E-state index contributed by atoms with van der Waals surface area (Å²) in [7, 11) is 1.68. The van der Waals surface area contributed by atoms with Crippen molar-refractivity contribution in [1.29, 1.82) is 0 Å². The Morgan fingerprint density at radius 3 is 2.88 bits per heavy atom. The van der Waals surface area contributed by atoms with E-state index >= 15 is 0 Å². The Labute approximate surface area is 152 Å². The largest absolute Gasteiger partial charge is 0.497 e. The Morgan fingerprint density at radius 2 is 2.04 bits per heavy atom. The van der Waals surface area contributed by atoms with Crippen LogP contribution in [-0.2, 0) is 11.3 Å². The lowest BCUT2D eigenvalue weighted by Gasteiger charge is -2.31. The minimum atomic E-state index is -0.209. The van der Waals surface area contributed by atoms with Crippen LogP contribution in [0.3, 0.4) is 0 Å². The number of hydrogen-bond donors (Lipinski definition) is 0. The first-order valence-electron chi connectivity index (χ1n) is 8.68. The molecule has 1 aliphatic rings. The van der Waals surface area contributed by atoms with E-state index in [2.05, 4.69) is 27.2 Å². The third-order valence-electron chi connectivity index (χ3n) is 4.44. The summed E-state index contributed by atoms with van der Waals surface area (Å²) < 4.78 is 16.6. The molecule has 4 rings (SSSR count). The predicted octanol–water partition coefficient (Wildman–Crippen LogP) is 3.32. The lowest BCUT2D eigenvalue weighted by Crippen LogP contribution is -2.37. The van der Waals surface area contributed by atoms with Gasteiger partial charge in [0.25, 0.3) is 5.89 Å². The third-order valence-corrected chi connectivity index (χ3v) is 4.44. The Bertz CT molecular complexity index is 850. The molecule has 1 atom stereocenters. The fourth-order valence-corrected chi connectivity index (χ4v) is 3.10. The standard InChI is InChI=1S/C20H21N3O3/c1-24-17-9-5-6-15(12-17)13-23-10-11-25-18(14-23)20-21-19(22-26-20)16-7-3-2-4-8-16/h2-9,12,18H,10-11,13-14H2,1H3/t18-/m0/s1. The summed E-state index contributed by atoms with van der Waals surface area (Å²) in [5, 5.41) is 4.09. The molecule has 1 aromatic heterocycles. The second-order valence-electron chi connectivity index (χ2n) is 6.27. The maximum atomic E-state index is 5.86. The van der Waals surface area contributed by atoms with Gasteiger partial charge in [0.2, 0.25) is 5.82 Å². The van der Waals surface area contributed by atoms with Crippen LogP contribution >= 0.6 is 0 Å². The fourth-order valence-electron chi connectivity index (χ4n) is 3.10. The van der Waals surface area contributed by atoms with Crippen LogP contribution in [0.2, 0.25) is 0 Å². The van der Waals surface area contributed by atoms with Crippen molar-refractivity contribution < 1.29 is 14.0 Å². The predicted molar refractivity (Wildman–Crippen MR) is 96.7 cm³/mol. The molecule has 0 aliphatic carbocycles. The maximum Gasteiger partial charge on any atom is 0.257 e. The molecule has 0 saturated carbocycles. The molecule has 0 spiro atoms. The Hall–Kier alpha value is -2.70. The molecule has 3 aromatic rings. The van der Waals surface area contributed by atoms with E-state index in [1.54, 1.807) is 7.11 Å². The molecule has 134 valence electrons. The van der Waals surface area contributed by atoms with Crippen LogP contribution in [0.4, 0.5) is 0 Å². The Morgan fingerprint density at radius 1 is 1.15 bits per heavy atom. The van der Waals surface area contributed by atoms with E-state index in [0.717, 1.165) is 24.4 Å². The molecular formula is C20H21N3O3. The molecule has 1 saturated heterocycles. The van der Waals surface area contributed by atoms with Gasteiger partial charge in [0.15, 0.2) is 0 Å². The zero-order valence-corrected chi connectivity index (χ0v) is 14.7. The van der Waals surface area contributed by atoms with Gasteiger partial charge >= 0.3 is 0 Å². The van der Waals surface area contributed by atoms with E-state index in [-0.39, 0.29) is 6.10 Å². The molecule has 2 heterocycles. The summed E-state index contributed by atoms with van der Waals surface area (Å²) in [4.78, 5) is 6.85. The summed E-state index contributed by atoms with van der Waals surface area (Å²) in [6, 6.07) is 17.9. The van der Waals surface area contributed by atoms with Gasteiger partial charge in [0, 0.05) is 25.2 Å². The normalized spacial score (nSPS) is 18.0. The number of ether oxygens (including phenoxy) is 2. The molecule has 26 heavy (non-hydrogen) atoms. The molecule has 6 nitrogen and oxygen atoms in total. The number of aromatic nitrogens is 2. The molecule has 6 heteroatoms. The number of hydrogen-bond acceptors (Lipinski definition) is 6. The van der Waals surface area contributed by atoms with Gasteiger partial charge in [-0.25, -0.2) is 0 Å². The van der Waals surface area contributed by atoms with Crippen molar-refractivity contribution in [2.24, 2.45) is 0 Å². The molecule has 0 amide bonds. The first-order chi connectivity index (χ1) is 12.8. The number of morpholine rings is 1. The first-order valence-corrected chi connectivity index (χ1v) is 8.68. The van der Waals surface area contributed by atoms with Crippen molar-refractivity contribution in [1.82, 2.24) is 15.0 Å². The third kappa shape index (κ3) is 3.76. The highest BCUT2D eigenvalue weighted by Crippen LogP contribution is 2.25. The minimum Gasteiger partial charge on any atom is -0.497 e.